The molecular weight excluding hydrogens is 905 g/mol. The van der Waals surface area contributed by atoms with Gasteiger partial charge in [0.1, 0.15) is 0 Å². The highest BCUT2D eigenvalue weighted by atomic mass is 15.2. The third kappa shape index (κ3) is 7.45. The summed E-state index contributed by atoms with van der Waals surface area (Å²) >= 11 is 0. The summed E-state index contributed by atoms with van der Waals surface area (Å²) in [5.41, 5.74) is 24.8. The minimum absolute atomic E-state index is 0.326. The van der Waals surface area contributed by atoms with Crippen molar-refractivity contribution >= 4 is 72.0 Å². The third-order valence-electron chi connectivity index (χ3n) is 16.1. The molecule has 11 aromatic carbocycles. The molecule has 13 rings (SSSR count). The zero-order chi connectivity index (χ0) is 50.9. The smallest absolute Gasteiger partial charge is 0.0561 e. The summed E-state index contributed by atoms with van der Waals surface area (Å²) < 4.78 is 0. The molecule has 0 saturated carbocycles. The van der Waals surface area contributed by atoms with Gasteiger partial charge in [-0.15, -0.1) is 0 Å². The first kappa shape index (κ1) is 46.1. The van der Waals surface area contributed by atoms with Crippen LogP contribution >= 0.6 is 0 Å². The van der Waals surface area contributed by atoms with E-state index in [-0.39, 0.29) is 0 Å². The summed E-state index contributed by atoms with van der Waals surface area (Å²) in [5, 5.41) is 7.71. The maximum Gasteiger partial charge on any atom is 0.0561 e. The second kappa shape index (κ2) is 18.6. The lowest BCUT2D eigenvalue weighted by Gasteiger charge is -2.35. The number of hydrogen-bond acceptors (Lipinski definition) is 2. The molecule has 2 heteroatoms. The maximum absolute atomic E-state index is 4.22. The summed E-state index contributed by atoms with van der Waals surface area (Å²) in [6.45, 7) is 15.7. The number of benzene rings is 11. The third-order valence-corrected chi connectivity index (χ3v) is 16.1. The number of hydrogen-bond donors (Lipinski definition) is 0. The van der Waals surface area contributed by atoms with Crippen molar-refractivity contribution in [2.24, 2.45) is 0 Å². The molecule has 0 spiro atoms. The molecule has 0 unspecified atom stereocenters. The van der Waals surface area contributed by atoms with E-state index in [4.69, 9.17) is 0 Å². The molecule has 0 aromatic heterocycles. The highest BCUT2D eigenvalue weighted by Crippen LogP contribution is 2.56. The minimum Gasteiger partial charge on any atom is -0.309 e. The van der Waals surface area contributed by atoms with Crippen LogP contribution in [0.3, 0.4) is 0 Å². The predicted octanol–water partition coefficient (Wildman–Crippen LogP) is 20.7. The second-order valence-corrected chi connectivity index (χ2v) is 21.1. The molecule has 0 fully saturated rings. The SMILES string of the molecule is C=C/C=C(\C=C/C)c1ccccc1N(c1cccc2c1Cc1ccccc1-2)c1cc(N(c2ccccc2-c2ccccc2)c2cccc3c2Cc2ccccc2-3)c2ccc3c(C(C)C)cc(C(C)C)c4ccc1c2c43. The van der Waals surface area contributed by atoms with Crippen LogP contribution in [-0.4, -0.2) is 0 Å². The number of nitrogens with zero attached hydrogens (tertiary/aromatic N) is 2. The quantitative estimate of drug-likeness (QED) is 0.0889. The average Bonchev–Trinajstić information content (AvgIpc) is 4.05. The Morgan fingerprint density at radius 1 is 0.427 bits per heavy atom. The van der Waals surface area contributed by atoms with Crippen LogP contribution in [0, 0.1) is 0 Å². The van der Waals surface area contributed by atoms with Gasteiger partial charge in [0.25, 0.3) is 0 Å². The standard InChI is InChI=1S/C73H60N2/c1-7-22-48(23-8-2)54-30-16-18-34-66(54)74(68-36-20-32-56-52-28-14-12-26-50(52)42-64(56)68)70-45-71(61-41-39-59-63(47(5)6)44-62(46(3)4)58-38-40-60(70)73(61)72(58)59)75(67-35-19-17-31-55(67)49-24-10-9-11-25-49)69-37-21-33-57-53-29-15-13-27-51(53)43-65(57)69/h7-41,44-47H,1,42-43H2,2-6H3/b23-8-,48-22+. The molecular formula is C73H60N2. The van der Waals surface area contributed by atoms with Crippen molar-refractivity contribution in [3.63, 3.8) is 0 Å². The van der Waals surface area contributed by atoms with Gasteiger partial charge in [-0.05, 0) is 132 Å². The fourth-order valence-corrected chi connectivity index (χ4v) is 12.8. The molecule has 0 N–H and O–H groups in total. The van der Waals surface area contributed by atoms with Gasteiger partial charge in [-0.2, -0.15) is 0 Å². The van der Waals surface area contributed by atoms with Gasteiger partial charge < -0.3 is 9.80 Å². The molecule has 2 nitrogen and oxygen atoms in total. The Kier molecular flexibility index (Phi) is 11.5. The molecule has 2 aliphatic carbocycles. The number of rotatable bonds is 12. The summed E-state index contributed by atoms with van der Waals surface area (Å²) in [5.74, 6) is 0.653. The van der Waals surface area contributed by atoms with Crippen molar-refractivity contribution in [1.82, 2.24) is 0 Å². The van der Waals surface area contributed by atoms with Gasteiger partial charge in [0.05, 0.1) is 34.1 Å². The van der Waals surface area contributed by atoms with Gasteiger partial charge in [0.15, 0.2) is 0 Å². The summed E-state index contributed by atoms with van der Waals surface area (Å²) in [7, 11) is 0. The first-order valence-electron chi connectivity index (χ1n) is 26.8. The van der Waals surface area contributed by atoms with E-state index in [0.717, 1.165) is 46.7 Å². The van der Waals surface area contributed by atoms with E-state index in [1.807, 2.05) is 6.08 Å². The number of anilines is 6. The Hall–Kier alpha value is -8.72. The van der Waals surface area contributed by atoms with E-state index in [1.165, 1.54) is 110 Å². The lowest BCUT2D eigenvalue weighted by atomic mass is 9.83. The van der Waals surface area contributed by atoms with Gasteiger partial charge in [-0.25, -0.2) is 0 Å². The summed E-state index contributed by atoms with van der Waals surface area (Å²) in [6, 6.07) is 75.7. The zero-order valence-electron chi connectivity index (χ0n) is 43.5. The molecule has 0 aliphatic heterocycles. The van der Waals surface area contributed by atoms with Gasteiger partial charge >= 0.3 is 0 Å². The Morgan fingerprint density at radius 3 is 1.44 bits per heavy atom. The molecule has 0 atom stereocenters. The monoisotopic (exact) mass is 964 g/mol. The van der Waals surface area contributed by atoms with E-state index in [2.05, 4.69) is 269 Å². The normalized spacial score (nSPS) is 12.8. The molecule has 0 bridgehead atoms. The maximum atomic E-state index is 4.22. The van der Waals surface area contributed by atoms with Gasteiger partial charge in [0.2, 0.25) is 0 Å². The molecule has 0 radical (unpaired) electrons. The number of allylic oxidation sites excluding steroid dienone is 5. The van der Waals surface area contributed by atoms with E-state index < -0.39 is 0 Å². The van der Waals surface area contributed by atoms with E-state index in [1.54, 1.807) is 0 Å². The van der Waals surface area contributed by atoms with Crippen LogP contribution in [0.4, 0.5) is 34.1 Å². The number of para-hydroxylation sites is 2. The Bertz CT molecular complexity index is 4080. The topological polar surface area (TPSA) is 6.48 Å². The summed E-state index contributed by atoms with van der Waals surface area (Å²) in [6.07, 6.45) is 10.1. The Labute approximate surface area is 442 Å². The lowest BCUT2D eigenvalue weighted by Crippen LogP contribution is -2.17. The molecule has 362 valence electrons. The van der Waals surface area contributed by atoms with E-state index in [9.17, 15) is 0 Å². The predicted molar refractivity (Wildman–Crippen MR) is 323 cm³/mol. The molecule has 0 amide bonds. The highest BCUT2D eigenvalue weighted by molar-refractivity contribution is 6.30. The van der Waals surface area contributed by atoms with Gasteiger partial charge in [0, 0.05) is 40.1 Å². The molecule has 0 saturated heterocycles. The molecule has 2 aliphatic rings. The van der Waals surface area contributed by atoms with E-state index >= 15 is 0 Å². The van der Waals surface area contributed by atoms with Crippen LogP contribution in [0.5, 0.6) is 0 Å². The van der Waals surface area contributed by atoms with Crippen LogP contribution in [0.1, 0.15) is 85.4 Å². The fourth-order valence-electron chi connectivity index (χ4n) is 12.8. The van der Waals surface area contributed by atoms with Crippen molar-refractivity contribution < 1.29 is 0 Å². The average molecular weight is 965 g/mol. The Balaban J connectivity index is 1.23. The zero-order valence-corrected chi connectivity index (χ0v) is 43.5. The largest absolute Gasteiger partial charge is 0.309 e. The molecule has 11 aromatic rings. The van der Waals surface area contributed by atoms with Gasteiger partial charge in [-0.1, -0.05) is 228 Å². The first-order chi connectivity index (χ1) is 36.8. The van der Waals surface area contributed by atoms with Crippen molar-refractivity contribution in [3.05, 3.63) is 270 Å². The van der Waals surface area contributed by atoms with Crippen molar-refractivity contribution in [3.8, 4) is 33.4 Å². The molecule has 75 heavy (non-hydrogen) atoms. The van der Waals surface area contributed by atoms with Crippen molar-refractivity contribution in [2.75, 3.05) is 9.80 Å². The second-order valence-electron chi connectivity index (χ2n) is 21.1. The fraction of sp³-hybridized carbons (Fsp3) is 0.123. The lowest BCUT2D eigenvalue weighted by molar-refractivity contribution is 0.847. The van der Waals surface area contributed by atoms with Crippen LogP contribution in [0.25, 0.3) is 71.3 Å². The van der Waals surface area contributed by atoms with E-state index in [0.29, 0.717) is 11.8 Å². The summed E-state index contributed by atoms with van der Waals surface area (Å²) in [4.78, 5) is 5.25. The molecule has 0 heterocycles. The van der Waals surface area contributed by atoms with Crippen LogP contribution in [-0.2, 0) is 12.8 Å². The van der Waals surface area contributed by atoms with Crippen LogP contribution in [0.15, 0.2) is 231 Å². The van der Waals surface area contributed by atoms with Gasteiger partial charge in [-0.3, -0.25) is 0 Å². The number of fused-ring (bicyclic) bond motifs is 6. The van der Waals surface area contributed by atoms with Crippen LogP contribution in [0.2, 0.25) is 0 Å². The Morgan fingerprint density at radius 2 is 0.880 bits per heavy atom. The highest BCUT2D eigenvalue weighted by Gasteiger charge is 2.33. The van der Waals surface area contributed by atoms with Crippen molar-refractivity contribution in [2.45, 2.75) is 59.3 Å². The van der Waals surface area contributed by atoms with Crippen molar-refractivity contribution in [1.29, 1.82) is 0 Å². The first-order valence-corrected chi connectivity index (χ1v) is 26.8. The minimum atomic E-state index is 0.326. The van der Waals surface area contributed by atoms with Crippen LogP contribution < -0.4 is 9.80 Å².